The molecule has 17 heavy (non-hydrogen) atoms. The van der Waals surface area contributed by atoms with E-state index in [9.17, 15) is 4.79 Å². The first kappa shape index (κ1) is 11.5. The van der Waals surface area contributed by atoms with Gasteiger partial charge in [-0.2, -0.15) is 5.10 Å². The lowest BCUT2D eigenvalue weighted by molar-refractivity contribution is 1.08. The van der Waals surface area contributed by atoms with Crippen LogP contribution in [0.3, 0.4) is 0 Å². The maximum Gasteiger partial charge on any atom is 0.252 e. The Hall–Kier alpha value is -1.95. The first-order valence-corrected chi connectivity index (χ1v) is 5.63. The molecule has 0 aliphatic carbocycles. The van der Waals surface area contributed by atoms with Crippen molar-refractivity contribution in [2.24, 2.45) is 5.10 Å². The predicted octanol–water partition coefficient (Wildman–Crippen LogP) is 1.98. The van der Waals surface area contributed by atoms with E-state index in [1.54, 1.807) is 6.21 Å². The summed E-state index contributed by atoms with van der Waals surface area (Å²) >= 11 is 3.35. The van der Waals surface area contributed by atoms with Gasteiger partial charge >= 0.3 is 0 Å². The molecular weight excluding hydrogens is 284 g/mol. The van der Waals surface area contributed by atoms with Crippen LogP contribution >= 0.6 is 15.9 Å². The molecule has 5 nitrogen and oxygen atoms in total. The minimum atomic E-state index is -0.221. The molecule has 0 fully saturated rings. The average Bonchev–Trinajstić information content (AvgIpc) is 2.32. The molecule has 0 spiro atoms. The van der Waals surface area contributed by atoms with Crippen LogP contribution in [-0.4, -0.2) is 16.2 Å². The van der Waals surface area contributed by atoms with E-state index in [2.05, 4.69) is 36.4 Å². The van der Waals surface area contributed by atoms with Gasteiger partial charge in [0.1, 0.15) is 0 Å². The standard InChI is InChI=1S/C11H9BrN4O/c12-9-3-1-8(2-4-9)7-14-16-11-13-6-5-10(17)15-11/h1-7H,(H2,13,15,16,17). The minimum absolute atomic E-state index is 0.221. The summed E-state index contributed by atoms with van der Waals surface area (Å²) in [5.41, 5.74) is 3.36. The zero-order valence-electron chi connectivity index (χ0n) is 8.72. The molecular formula is C11H9BrN4O. The molecule has 2 rings (SSSR count). The Balaban J connectivity index is 2.02. The van der Waals surface area contributed by atoms with Crippen LogP contribution < -0.4 is 11.0 Å². The van der Waals surface area contributed by atoms with Gasteiger partial charge in [-0.1, -0.05) is 28.1 Å². The van der Waals surface area contributed by atoms with Crippen molar-refractivity contribution in [3.05, 3.63) is 56.9 Å². The van der Waals surface area contributed by atoms with Crippen LogP contribution in [0.5, 0.6) is 0 Å². The number of hydrogen-bond acceptors (Lipinski definition) is 4. The second kappa shape index (κ2) is 5.40. The van der Waals surface area contributed by atoms with Gasteiger partial charge in [0.2, 0.25) is 5.95 Å². The average molecular weight is 293 g/mol. The molecule has 0 aliphatic heterocycles. The van der Waals surface area contributed by atoms with E-state index in [4.69, 9.17) is 0 Å². The van der Waals surface area contributed by atoms with Gasteiger partial charge in [-0.25, -0.2) is 10.4 Å². The topological polar surface area (TPSA) is 70.1 Å². The lowest BCUT2D eigenvalue weighted by Crippen LogP contribution is -2.07. The maximum absolute atomic E-state index is 11.0. The van der Waals surface area contributed by atoms with E-state index in [1.807, 2.05) is 24.3 Å². The van der Waals surface area contributed by atoms with Crippen LogP contribution in [0, 0.1) is 0 Å². The molecule has 6 heteroatoms. The first-order chi connectivity index (χ1) is 8.24. The number of benzene rings is 1. The molecule has 2 N–H and O–H groups in total. The van der Waals surface area contributed by atoms with E-state index in [1.165, 1.54) is 12.3 Å². The summed E-state index contributed by atoms with van der Waals surface area (Å²) in [6, 6.07) is 9.00. The first-order valence-electron chi connectivity index (χ1n) is 4.84. The molecule has 0 amide bonds. The van der Waals surface area contributed by atoms with Crippen LogP contribution in [0.25, 0.3) is 0 Å². The summed E-state index contributed by atoms with van der Waals surface area (Å²) in [6.45, 7) is 0. The van der Waals surface area contributed by atoms with Gasteiger partial charge in [0.15, 0.2) is 0 Å². The molecule has 2 aromatic rings. The van der Waals surface area contributed by atoms with Gasteiger partial charge in [0.05, 0.1) is 6.21 Å². The van der Waals surface area contributed by atoms with E-state index in [0.29, 0.717) is 5.95 Å². The van der Waals surface area contributed by atoms with Crippen molar-refractivity contribution in [3.8, 4) is 0 Å². The molecule has 0 bridgehead atoms. The van der Waals surface area contributed by atoms with Gasteiger partial charge in [-0.3, -0.25) is 9.78 Å². The third-order valence-corrected chi connectivity index (χ3v) is 2.45. The van der Waals surface area contributed by atoms with Gasteiger partial charge in [-0.15, -0.1) is 0 Å². The molecule has 1 aromatic heterocycles. The minimum Gasteiger partial charge on any atom is -0.291 e. The fraction of sp³-hybridized carbons (Fsp3) is 0. The van der Waals surface area contributed by atoms with Crippen molar-refractivity contribution in [3.63, 3.8) is 0 Å². The molecule has 0 unspecified atom stereocenters. The molecule has 1 aromatic carbocycles. The number of hydrogen-bond donors (Lipinski definition) is 2. The smallest absolute Gasteiger partial charge is 0.252 e. The third-order valence-electron chi connectivity index (χ3n) is 1.93. The number of nitrogens with zero attached hydrogens (tertiary/aromatic N) is 2. The van der Waals surface area contributed by atoms with E-state index >= 15 is 0 Å². The Kier molecular flexibility index (Phi) is 3.66. The van der Waals surface area contributed by atoms with Crippen LogP contribution in [-0.2, 0) is 0 Å². The zero-order chi connectivity index (χ0) is 12.1. The molecule has 1 heterocycles. The van der Waals surface area contributed by atoms with Crippen LogP contribution in [0.4, 0.5) is 5.95 Å². The van der Waals surface area contributed by atoms with E-state index in [0.717, 1.165) is 10.0 Å². The lowest BCUT2D eigenvalue weighted by atomic mass is 10.2. The number of halogens is 1. The maximum atomic E-state index is 11.0. The van der Waals surface area contributed by atoms with Gasteiger partial charge in [0, 0.05) is 16.7 Å². The normalized spacial score (nSPS) is 10.6. The highest BCUT2D eigenvalue weighted by molar-refractivity contribution is 9.10. The quantitative estimate of drug-likeness (QED) is 0.671. The summed E-state index contributed by atoms with van der Waals surface area (Å²) in [7, 11) is 0. The predicted molar refractivity (Wildman–Crippen MR) is 70.2 cm³/mol. The number of rotatable bonds is 3. The zero-order valence-corrected chi connectivity index (χ0v) is 10.3. The number of hydrazone groups is 1. The highest BCUT2D eigenvalue weighted by atomic mass is 79.9. The summed E-state index contributed by atoms with van der Waals surface area (Å²) in [5.74, 6) is 0.311. The van der Waals surface area contributed by atoms with Crippen LogP contribution in [0.1, 0.15) is 5.56 Å². The molecule has 0 radical (unpaired) electrons. The van der Waals surface area contributed by atoms with Gasteiger partial charge in [0.25, 0.3) is 5.56 Å². The van der Waals surface area contributed by atoms with E-state index in [-0.39, 0.29) is 5.56 Å². The Labute approximate surface area is 106 Å². The van der Waals surface area contributed by atoms with E-state index < -0.39 is 0 Å². The Morgan fingerprint density at radius 3 is 2.76 bits per heavy atom. The highest BCUT2D eigenvalue weighted by Gasteiger charge is 1.91. The number of nitrogens with one attached hydrogen (secondary N) is 2. The second-order valence-electron chi connectivity index (χ2n) is 3.20. The number of H-pyrrole nitrogens is 1. The van der Waals surface area contributed by atoms with Crippen LogP contribution in [0.15, 0.2) is 50.9 Å². The molecule has 0 aliphatic rings. The summed E-state index contributed by atoms with van der Waals surface area (Å²) in [4.78, 5) is 17.4. The Bertz CT molecular complexity index is 577. The van der Waals surface area contributed by atoms with Crippen molar-refractivity contribution >= 4 is 28.1 Å². The van der Waals surface area contributed by atoms with Crippen molar-refractivity contribution in [2.75, 3.05) is 5.43 Å². The van der Waals surface area contributed by atoms with Gasteiger partial charge in [-0.05, 0) is 17.7 Å². The van der Waals surface area contributed by atoms with Gasteiger partial charge < -0.3 is 0 Å². The number of anilines is 1. The third kappa shape index (κ3) is 3.53. The molecule has 0 saturated heterocycles. The highest BCUT2D eigenvalue weighted by Crippen LogP contribution is 2.08. The SMILES string of the molecule is O=c1ccnc(NN=Cc2ccc(Br)cc2)[nH]1. The molecule has 86 valence electrons. The largest absolute Gasteiger partial charge is 0.291 e. The van der Waals surface area contributed by atoms with Crippen molar-refractivity contribution in [1.82, 2.24) is 9.97 Å². The fourth-order valence-corrected chi connectivity index (χ4v) is 1.41. The second-order valence-corrected chi connectivity index (χ2v) is 4.12. The fourth-order valence-electron chi connectivity index (χ4n) is 1.14. The van der Waals surface area contributed by atoms with Crippen molar-refractivity contribution in [2.45, 2.75) is 0 Å². The summed E-state index contributed by atoms with van der Waals surface area (Å²) < 4.78 is 1.01. The monoisotopic (exact) mass is 292 g/mol. The summed E-state index contributed by atoms with van der Waals surface area (Å²) in [6.07, 6.45) is 3.05. The van der Waals surface area contributed by atoms with Crippen LogP contribution in [0.2, 0.25) is 0 Å². The molecule has 0 saturated carbocycles. The summed E-state index contributed by atoms with van der Waals surface area (Å²) in [5, 5.41) is 3.96. The van der Waals surface area contributed by atoms with Crippen molar-refractivity contribution < 1.29 is 0 Å². The Morgan fingerprint density at radius 1 is 1.29 bits per heavy atom. The van der Waals surface area contributed by atoms with Crippen molar-refractivity contribution in [1.29, 1.82) is 0 Å². The molecule has 0 atom stereocenters. The number of aromatic amines is 1. The number of aromatic nitrogens is 2. The lowest BCUT2D eigenvalue weighted by Gasteiger charge is -1.97. The Morgan fingerprint density at radius 2 is 2.06 bits per heavy atom.